The van der Waals surface area contributed by atoms with Gasteiger partial charge in [-0.2, -0.15) is 0 Å². The molecule has 0 aliphatic rings. The summed E-state index contributed by atoms with van der Waals surface area (Å²) in [6.07, 6.45) is 6.41. The molecule has 1 N–H and O–H groups in total. The highest BCUT2D eigenvalue weighted by atomic mass is 16.4. The highest BCUT2D eigenvalue weighted by molar-refractivity contribution is 5.66. The summed E-state index contributed by atoms with van der Waals surface area (Å²) in [5.74, 6) is -0.787. The van der Waals surface area contributed by atoms with Gasteiger partial charge < -0.3 is 9.90 Å². The minimum absolute atomic E-state index is 0.164. The zero-order valence-electron chi connectivity index (χ0n) is 6.32. The zero-order chi connectivity index (χ0) is 8.53. The number of carboxylic acid groups (broad SMARTS) is 1. The van der Waals surface area contributed by atoms with E-state index < -0.39 is 5.97 Å². The first kappa shape index (κ1) is 9.88. The molecule has 0 aliphatic heterocycles. The monoisotopic (exact) mass is 156 g/mol. The number of carbonyl (C=O) groups excluding carboxylic acids is 1. The summed E-state index contributed by atoms with van der Waals surface area (Å²) < 4.78 is 0. The van der Waals surface area contributed by atoms with Gasteiger partial charge in [0.2, 0.25) is 0 Å². The Morgan fingerprint density at radius 3 is 2.36 bits per heavy atom. The van der Waals surface area contributed by atoms with E-state index in [-0.39, 0.29) is 6.42 Å². The van der Waals surface area contributed by atoms with Crippen molar-refractivity contribution in [1.29, 1.82) is 0 Å². The topological polar surface area (TPSA) is 54.4 Å². The van der Waals surface area contributed by atoms with E-state index in [9.17, 15) is 9.59 Å². The molecular formula is C8H12O3. The van der Waals surface area contributed by atoms with Crippen LogP contribution in [0.1, 0.15) is 25.7 Å². The number of hydrogen-bond donors (Lipinski definition) is 1. The van der Waals surface area contributed by atoms with Crippen molar-refractivity contribution in [2.75, 3.05) is 0 Å². The normalized spacial score (nSPS) is 10.2. The van der Waals surface area contributed by atoms with E-state index >= 15 is 0 Å². The lowest BCUT2D eigenvalue weighted by molar-refractivity contribution is -0.136. The molecule has 0 saturated carbocycles. The lowest BCUT2D eigenvalue weighted by Gasteiger charge is -1.86. The molecule has 0 saturated heterocycles. The fraction of sp³-hybridized carbons (Fsp3) is 0.500. The van der Waals surface area contributed by atoms with E-state index in [4.69, 9.17) is 5.11 Å². The number of aldehydes is 1. The van der Waals surface area contributed by atoms with E-state index in [0.29, 0.717) is 19.3 Å². The van der Waals surface area contributed by atoms with Crippen molar-refractivity contribution in [3.63, 3.8) is 0 Å². The molecule has 3 nitrogen and oxygen atoms in total. The van der Waals surface area contributed by atoms with Crippen molar-refractivity contribution < 1.29 is 14.7 Å². The minimum Gasteiger partial charge on any atom is -0.481 e. The molecule has 0 amide bonds. The second kappa shape index (κ2) is 6.99. The van der Waals surface area contributed by atoms with Gasteiger partial charge in [0.15, 0.2) is 0 Å². The molecule has 0 fully saturated rings. The molecule has 0 aromatic carbocycles. The number of aliphatic carboxylic acids is 1. The quantitative estimate of drug-likeness (QED) is 0.359. The number of carboxylic acids is 1. The number of carbonyl (C=O) groups is 2. The van der Waals surface area contributed by atoms with Crippen LogP contribution in [0.15, 0.2) is 12.2 Å². The lowest BCUT2D eigenvalue weighted by atomic mass is 10.2. The Morgan fingerprint density at radius 2 is 1.82 bits per heavy atom. The Morgan fingerprint density at radius 1 is 1.18 bits per heavy atom. The molecule has 0 aromatic heterocycles. The molecule has 62 valence electrons. The van der Waals surface area contributed by atoms with E-state index in [2.05, 4.69) is 0 Å². The van der Waals surface area contributed by atoms with Crippen LogP contribution in [-0.2, 0) is 9.59 Å². The van der Waals surface area contributed by atoms with Gasteiger partial charge in [0.1, 0.15) is 6.29 Å². The Labute approximate surface area is 65.7 Å². The second-order valence-corrected chi connectivity index (χ2v) is 2.15. The molecule has 0 aromatic rings. The van der Waals surface area contributed by atoms with Crippen LogP contribution in [0.4, 0.5) is 0 Å². The van der Waals surface area contributed by atoms with Crippen molar-refractivity contribution in [2.24, 2.45) is 0 Å². The molecule has 0 bridgehead atoms. The molecule has 0 aliphatic carbocycles. The van der Waals surface area contributed by atoms with Crippen molar-refractivity contribution in [3.05, 3.63) is 12.2 Å². The van der Waals surface area contributed by atoms with Crippen LogP contribution in [0.5, 0.6) is 0 Å². The van der Waals surface area contributed by atoms with Crippen molar-refractivity contribution in [3.8, 4) is 0 Å². The van der Waals surface area contributed by atoms with Crippen LogP contribution >= 0.6 is 0 Å². The van der Waals surface area contributed by atoms with Gasteiger partial charge in [0, 0.05) is 12.8 Å². The predicted molar refractivity (Wildman–Crippen MR) is 41.3 cm³/mol. The van der Waals surface area contributed by atoms with Gasteiger partial charge in [0.25, 0.3) is 0 Å². The zero-order valence-corrected chi connectivity index (χ0v) is 6.32. The van der Waals surface area contributed by atoms with Crippen molar-refractivity contribution in [1.82, 2.24) is 0 Å². The largest absolute Gasteiger partial charge is 0.481 e. The SMILES string of the molecule is O=CCC/C=C\CCC(=O)O. The van der Waals surface area contributed by atoms with E-state index in [0.717, 1.165) is 6.29 Å². The third kappa shape index (κ3) is 8.88. The Balaban J connectivity index is 3.16. The fourth-order valence-electron chi connectivity index (χ4n) is 0.607. The van der Waals surface area contributed by atoms with Gasteiger partial charge in [-0.25, -0.2) is 0 Å². The maximum Gasteiger partial charge on any atom is 0.303 e. The highest BCUT2D eigenvalue weighted by Gasteiger charge is 1.90. The van der Waals surface area contributed by atoms with Gasteiger partial charge in [0.05, 0.1) is 0 Å². The van der Waals surface area contributed by atoms with Crippen LogP contribution < -0.4 is 0 Å². The molecule has 0 unspecified atom stereocenters. The van der Waals surface area contributed by atoms with Gasteiger partial charge in [-0.3, -0.25) is 4.79 Å². The van der Waals surface area contributed by atoms with Crippen LogP contribution in [0, 0.1) is 0 Å². The van der Waals surface area contributed by atoms with Crippen LogP contribution in [0.25, 0.3) is 0 Å². The smallest absolute Gasteiger partial charge is 0.303 e. The highest BCUT2D eigenvalue weighted by Crippen LogP contribution is 1.93. The Hall–Kier alpha value is -1.12. The maximum atomic E-state index is 10.00. The molecule has 0 rings (SSSR count). The van der Waals surface area contributed by atoms with Crippen LogP contribution in [0.2, 0.25) is 0 Å². The summed E-state index contributed by atoms with van der Waals surface area (Å²) in [4.78, 5) is 19.8. The average molecular weight is 156 g/mol. The van der Waals surface area contributed by atoms with E-state index in [1.165, 1.54) is 0 Å². The van der Waals surface area contributed by atoms with Gasteiger partial charge in [-0.15, -0.1) is 0 Å². The fourth-order valence-corrected chi connectivity index (χ4v) is 0.607. The first-order valence-electron chi connectivity index (χ1n) is 3.58. The number of allylic oxidation sites excluding steroid dienone is 2. The van der Waals surface area contributed by atoms with Gasteiger partial charge in [-0.1, -0.05) is 12.2 Å². The summed E-state index contributed by atoms with van der Waals surface area (Å²) in [7, 11) is 0. The summed E-state index contributed by atoms with van der Waals surface area (Å²) in [5, 5.41) is 8.23. The first-order valence-corrected chi connectivity index (χ1v) is 3.58. The minimum atomic E-state index is -0.787. The van der Waals surface area contributed by atoms with Crippen LogP contribution in [0.3, 0.4) is 0 Å². The molecular weight excluding hydrogens is 144 g/mol. The number of rotatable bonds is 6. The molecule has 0 spiro atoms. The van der Waals surface area contributed by atoms with Crippen molar-refractivity contribution in [2.45, 2.75) is 25.7 Å². The Kier molecular flexibility index (Phi) is 6.28. The van der Waals surface area contributed by atoms with Gasteiger partial charge in [-0.05, 0) is 12.8 Å². The standard InChI is InChI=1S/C8H12O3/c9-7-5-3-1-2-4-6-8(10)11/h1-2,7H,3-6H2,(H,10,11)/b2-1-. The Bertz CT molecular complexity index is 149. The predicted octanol–water partition coefficient (Wildman–Crippen LogP) is 1.39. The summed E-state index contributed by atoms with van der Waals surface area (Å²) >= 11 is 0. The summed E-state index contributed by atoms with van der Waals surface area (Å²) in [5.41, 5.74) is 0. The van der Waals surface area contributed by atoms with Crippen LogP contribution in [-0.4, -0.2) is 17.4 Å². The lowest BCUT2D eigenvalue weighted by Crippen LogP contribution is -1.91. The third-order valence-corrected chi connectivity index (χ3v) is 1.14. The maximum absolute atomic E-state index is 10.00. The van der Waals surface area contributed by atoms with Gasteiger partial charge >= 0.3 is 5.97 Å². The molecule has 0 radical (unpaired) electrons. The second-order valence-electron chi connectivity index (χ2n) is 2.15. The summed E-state index contributed by atoms with van der Waals surface area (Å²) in [6, 6.07) is 0. The van der Waals surface area contributed by atoms with E-state index in [1.54, 1.807) is 6.08 Å². The first-order chi connectivity index (χ1) is 5.27. The molecule has 11 heavy (non-hydrogen) atoms. The number of unbranched alkanes of at least 4 members (excludes halogenated alkanes) is 1. The summed E-state index contributed by atoms with van der Waals surface area (Å²) in [6.45, 7) is 0. The van der Waals surface area contributed by atoms with E-state index in [1.807, 2.05) is 6.08 Å². The average Bonchev–Trinajstić information content (AvgIpc) is 1.96. The molecule has 3 heteroatoms. The molecule has 0 atom stereocenters. The molecule has 0 heterocycles. The third-order valence-electron chi connectivity index (χ3n) is 1.14. The number of hydrogen-bond acceptors (Lipinski definition) is 2. The van der Waals surface area contributed by atoms with Crippen molar-refractivity contribution >= 4 is 12.3 Å².